The van der Waals surface area contributed by atoms with Crippen molar-refractivity contribution in [3.8, 4) is 0 Å². The molecule has 18 heavy (non-hydrogen) atoms. The van der Waals surface area contributed by atoms with Crippen LogP contribution in [0.25, 0.3) is 0 Å². The Kier molecular flexibility index (Phi) is 2.85. The van der Waals surface area contributed by atoms with Crippen LogP contribution in [-0.4, -0.2) is 29.6 Å². The Morgan fingerprint density at radius 3 is 2.28 bits per heavy atom. The van der Waals surface area contributed by atoms with Gasteiger partial charge in [-0.25, -0.2) is 22.3 Å². The van der Waals surface area contributed by atoms with Gasteiger partial charge in [0.05, 0.1) is 0 Å². The second-order valence-corrected chi connectivity index (χ2v) is 5.33. The molecule has 0 bridgehead atoms. The van der Waals surface area contributed by atoms with Crippen molar-refractivity contribution in [2.24, 2.45) is 5.14 Å². The van der Waals surface area contributed by atoms with Crippen LogP contribution in [-0.2, 0) is 15.9 Å². The van der Waals surface area contributed by atoms with E-state index in [0.29, 0.717) is 17.4 Å². The van der Waals surface area contributed by atoms with Gasteiger partial charge in [0.15, 0.2) is 0 Å². The summed E-state index contributed by atoms with van der Waals surface area (Å²) in [5.74, 6) is -5.94. The highest BCUT2D eigenvalue weighted by Crippen LogP contribution is 2.42. The maximum Gasteiger partial charge on any atom is 0.365 e. The van der Waals surface area contributed by atoms with Gasteiger partial charge in [-0.1, -0.05) is 0 Å². The molecule has 1 saturated carbocycles. The second kappa shape index (κ2) is 3.88. The normalized spacial score (nSPS) is 17.4. The van der Waals surface area contributed by atoms with E-state index >= 15 is 0 Å². The van der Waals surface area contributed by atoms with E-state index in [1.165, 1.54) is 0 Å². The van der Waals surface area contributed by atoms with Crippen LogP contribution in [0.15, 0.2) is 5.16 Å². The van der Waals surface area contributed by atoms with Gasteiger partial charge >= 0.3 is 12.3 Å². The molecule has 1 aliphatic carbocycles. The highest BCUT2D eigenvalue weighted by atomic mass is 32.2. The monoisotopic (exact) mass is 288 g/mol. The molecular weight excluding hydrogens is 280 g/mol. The fourth-order valence-electron chi connectivity index (χ4n) is 1.46. The van der Waals surface area contributed by atoms with Crippen molar-refractivity contribution < 1.29 is 26.0 Å². The number of nitrogens with two attached hydrogens (primary N) is 1. The molecule has 11 heteroatoms. The molecule has 0 saturated heterocycles. The van der Waals surface area contributed by atoms with Crippen molar-refractivity contribution in [1.82, 2.24) is 14.8 Å². The third-order valence-electron chi connectivity index (χ3n) is 2.40. The quantitative estimate of drug-likeness (QED) is 0.822. The smallest absolute Gasteiger partial charge is 0.292 e. The number of alkyl halides is 4. The lowest BCUT2D eigenvalue weighted by molar-refractivity contribution is -0.143. The maximum absolute atomic E-state index is 13.2. The van der Waals surface area contributed by atoms with Crippen LogP contribution in [0.4, 0.5) is 17.6 Å². The Labute approximate surface area is 98.8 Å². The van der Waals surface area contributed by atoms with Crippen molar-refractivity contribution in [2.45, 2.75) is 36.4 Å². The number of hydrogen-bond acceptors (Lipinski definition) is 4. The number of hydrogen-bond donors (Lipinski definition) is 1. The van der Waals surface area contributed by atoms with Gasteiger partial charge in [0.1, 0.15) is 0 Å². The Morgan fingerprint density at radius 1 is 1.33 bits per heavy atom. The largest absolute Gasteiger partial charge is 0.365 e. The maximum atomic E-state index is 13.2. The Bertz CT molecular complexity index is 566. The van der Waals surface area contributed by atoms with Crippen LogP contribution in [0.2, 0.25) is 0 Å². The van der Waals surface area contributed by atoms with E-state index in [4.69, 9.17) is 5.14 Å². The molecule has 2 rings (SSSR count). The lowest BCUT2D eigenvalue weighted by atomic mass is 10.3. The summed E-state index contributed by atoms with van der Waals surface area (Å²) in [5.41, 5.74) is 0. The molecule has 6 nitrogen and oxygen atoms in total. The third-order valence-corrected chi connectivity index (χ3v) is 3.19. The van der Waals surface area contributed by atoms with E-state index in [2.05, 4.69) is 10.2 Å². The molecule has 0 atom stereocenters. The van der Waals surface area contributed by atoms with Gasteiger partial charge < -0.3 is 0 Å². The summed E-state index contributed by atoms with van der Waals surface area (Å²) in [5, 5.41) is 9.70. The number of rotatable bonds is 4. The van der Waals surface area contributed by atoms with Crippen molar-refractivity contribution in [3.63, 3.8) is 0 Å². The summed E-state index contributed by atoms with van der Waals surface area (Å²) in [6.45, 7) is 0. The summed E-state index contributed by atoms with van der Waals surface area (Å²) in [6, 6.07) is -0.632. The molecule has 0 aromatic carbocycles. The minimum Gasteiger partial charge on any atom is -0.292 e. The topological polar surface area (TPSA) is 90.9 Å². The molecule has 0 aliphatic heterocycles. The lowest BCUT2D eigenvalue weighted by Gasteiger charge is -2.16. The molecule has 0 radical (unpaired) electrons. The zero-order valence-electron chi connectivity index (χ0n) is 8.72. The predicted molar refractivity (Wildman–Crippen MR) is 49.6 cm³/mol. The Balaban J connectivity index is 2.60. The van der Waals surface area contributed by atoms with Gasteiger partial charge in [0.25, 0.3) is 15.2 Å². The van der Waals surface area contributed by atoms with Crippen LogP contribution in [0.3, 0.4) is 0 Å². The molecule has 1 fully saturated rings. The van der Waals surface area contributed by atoms with Crippen LogP contribution in [0.5, 0.6) is 0 Å². The number of sulfonamides is 1. The number of nitrogens with zero attached hydrogens (tertiary/aromatic N) is 3. The van der Waals surface area contributed by atoms with E-state index in [9.17, 15) is 26.0 Å². The summed E-state index contributed by atoms with van der Waals surface area (Å²) in [4.78, 5) is 0. The molecule has 1 heterocycles. The molecule has 1 aromatic heterocycles. The minimum absolute atomic E-state index is 0.382. The third kappa shape index (κ3) is 2.07. The summed E-state index contributed by atoms with van der Waals surface area (Å²) in [7, 11) is -4.39. The molecule has 0 unspecified atom stereocenters. The highest BCUT2D eigenvalue weighted by Gasteiger charge is 2.50. The van der Waals surface area contributed by atoms with Gasteiger partial charge in [0.2, 0.25) is 5.82 Å². The standard InChI is InChI=1S/C7H8F4N4O2S/c8-4(9)7(10,11)5-13-14-6(18(12,16)17)15(5)3-1-2-3/h3-4H,1-2H2,(H2,12,16,17). The van der Waals surface area contributed by atoms with Crippen LogP contribution < -0.4 is 5.14 Å². The minimum atomic E-state index is -4.57. The van der Waals surface area contributed by atoms with Crippen molar-refractivity contribution >= 4 is 10.0 Å². The fourth-order valence-corrected chi connectivity index (χ4v) is 2.12. The number of aromatic nitrogens is 3. The zero-order valence-corrected chi connectivity index (χ0v) is 9.54. The zero-order chi connectivity index (χ0) is 13.7. The van der Waals surface area contributed by atoms with Gasteiger partial charge in [-0.2, -0.15) is 8.78 Å². The van der Waals surface area contributed by atoms with Crippen LogP contribution in [0.1, 0.15) is 24.7 Å². The first kappa shape index (κ1) is 13.2. The first-order valence-electron chi connectivity index (χ1n) is 4.80. The highest BCUT2D eigenvalue weighted by molar-refractivity contribution is 7.89. The Morgan fingerprint density at radius 2 is 1.89 bits per heavy atom. The van der Waals surface area contributed by atoms with E-state index in [1.807, 2.05) is 0 Å². The average Bonchev–Trinajstić information content (AvgIpc) is 2.94. The predicted octanol–water partition coefficient (Wildman–Crippen LogP) is 0.617. The summed E-state index contributed by atoms with van der Waals surface area (Å²) < 4.78 is 73.7. The number of halogens is 4. The molecule has 0 amide bonds. The first-order valence-corrected chi connectivity index (χ1v) is 6.34. The van der Waals surface area contributed by atoms with E-state index in [-0.39, 0.29) is 0 Å². The molecule has 1 aromatic rings. The van der Waals surface area contributed by atoms with Crippen LogP contribution in [0, 0.1) is 0 Å². The Hall–Kier alpha value is -1.23. The fraction of sp³-hybridized carbons (Fsp3) is 0.714. The summed E-state index contributed by atoms with van der Waals surface area (Å²) >= 11 is 0. The second-order valence-electron chi connectivity index (χ2n) is 3.88. The SMILES string of the molecule is NS(=O)(=O)c1nnc(C(F)(F)C(F)F)n1C1CC1. The van der Waals surface area contributed by atoms with E-state index in [0.717, 1.165) is 0 Å². The van der Waals surface area contributed by atoms with Gasteiger partial charge in [-0.3, -0.25) is 4.57 Å². The average molecular weight is 288 g/mol. The van der Waals surface area contributed by atoms with Crippen molar-refractivity contribution in [1.29, 1.82) is 0 Å². The summed E-state index contributed by atoms with van der Waals surface area (Å²) in [6.07, 6.45) is -3.24. The molecular formula is C7H8F4N4O2S. The van der Waals surface area contributed by atoms with Crippen molar-refractivity contribution in [2.75, 3.05) is 0 Å². The van der Waals surface area contributed by atoms with Crippen molar-refractivity contribution in [3.05, 3.63) is 5.82 Å². The van der Waals surface area contributed by atoms with Gasteiger partial charge in [-0.15, -0.1) is 10.2 Å². The van der Waals surface area contributed by atoms with Gasteiger partial charge in [0, 0.05) is 6.04 Å². The molecule has 1 aliphatic rings. The van der Waals surface area contributed by atoms with E-state index < -0.39 is 39.4 Å². The molecule has 102 valence electrons. The van der Waals surface area contributed by atoms with E-state index in [1.54, 1.807) is 0 Å². The lowest BCUT2D eigenvalue weighted by Crippen LogP contribution is -2.29. The molecule has 0 spiro atoms. The molecule has 2 N–H and O–H groups in total. The first-order chi connectivity index (χ1) is 8.15. The van der Waals surface area contributed by atoms with Gasteiger partial charge in [-0.05, 0) is 12.8 Å². The number of primary sulfonamides is 1. The van der Waals surface area contributed by atoms with Crippen LogP contribution >= 0.6 is 0 Å².